The zero-order valence-electron chi connectivity index (χ0n) is 16.8. The minimum atomic E-state index is -0.893. The quantitative estimate of drug-likeness (QED) is 0.389. The van der Waals surface area contributed by atoms with Crippen molar-refractivity contribution in [3.05, 3.63) is 60.0 Å². The summed E-state index contributed by atoms with van der Waals surface area (Å²) in [6, 6.07) is 15.5. The Morgan fingerprint density at radius 1 is 1.03 bits per heavy atom. The number of anilines is 3. The number of nitrogens with zero attached hydrogens (tertiary/aromatic N) is 1. The van der Waals surface area contributed by atoms with Gasteiger partial charge in [-0.2, -0.15) is 0 Å². The number of aliphatic carboxylic acids is 1. The Morgan fingerprint density at radius 2 is 1.73 bits per heavy atom. The first kappa shape index (κ1) is 21.3. The van der Waals surface area contributed by atoms with Crippen LogP contribution in [0.25, 0.3) is 11.3 Å². The van der Waals surface area contributed by atoms with Gasteiger partial charge in [-0.1, -0.05) is 44.2 Å². The number of thiazole rings is 1. The number of para-hydroxylation sites is 1. The fourth-order valence-electron chi connectivity index (χ4n) is 2.89. The average molecular weight is 425 g/mol. The molecule has 0 aliphatic heterocycles. The van der Waals surface area contributed by atoms with Crippen LogP contribution >= 0.6 is 11.3 Å². The number of nitrogens with one attached hydrogen (secondary N) is 3. The summed E-state index contributed by atoms with van der Waals surface area (Å²) in [7, 11) is 0. The smallest absolute Gasteiger partial charge is 0.326 e. The predicted octanol–water partition coefficient (Wildman–Crippen LogP) is 5.37. The zero-order valence-corrected chi connectivity index (χ0v) is 17.6. The Kier molecular flexibility index (Phi) is 7.03. The van der Waals surface area contributed by atoms with Crippen LogP contribution in [0.15, 0.2) is 60.0 Å². The lowest BCUT2D eigenvalue weighted by Crippen LogP contribution is -2.30. The molecule has 1 unspecified atom stereocenters. The molecule has 1 heterocycles. The lowest BCUT2D eigenvalue weighted by Gasteiger charge is -2.15. The number of benzene rings is 2. The van der Waals surface area contributed by atoms with Gasteiger partial charge in [0.05, 0.1) is 5.69 Å². The van der Waals surface area contributed by atoms with E-state index >= 15 is 0 Å². The number of rotatable bonds is 8. The van der Waals surface area contributed by atoms with E-state index in [-0.39, 0.29) is 11.9 Å². The van der Waals surface area contributed by atoms with Crippen molar-refractivity contribution in [3.8, 4) is 11.3 Å². The molecule has 7 nitrogen and oxygen atoms in total. The largest absolute Gasteiger partial charge is 0.480 e. The van der Waals surface area contributed by atoms with Crippen LogP contribution in [0.2, 0.25) is 0 Å². The van der Waals surface area contributed by atoms with Gasteiger partial charge < -0.3 is 21.1 Å². The molecule has 2 aromatic carbocycles. The van der Waals surface area contributed by atoms with Crippen molar-refractivity contribution >= 4 is 39.8 Å². The summed E-state index contributed by atoms with van der Waals surface area (Å²) in [6.07, 6.45) is 0.514. The highest BCUT2D eigenvalue weighted by Gasteiger charge is 2.20. The van der Waals surface area contributed by atoms with Gasteiger partial charge in [-0.15, -0.1) is 11.3 Å². The molecule has 0 fully saturated rings. The first-order valence-electron chi connectivity index (χ1n) is 9.59. The molecule has 2 amide bonds. The van der Waals surface area contributed by atoms with Gasteiger partial charge in [0, 0.05) is 22.3 Å². The van der Waals surface area contributed by atoms with Crippen LogP contribution in [0.4, 0.5) is 21.3 Å². The average Bonchev–Trinajstić information content (AvgIpc) is 3.16. The molecule has 0 saturated heterocycles. The molecule has 0 radical (unpaired) electrons. The highest BCUT2D eigenvalue weighted by atomic mass is 32.1. The molecule has 0 bridgehead atoms. The first-order chi connectivity index (χ1) is 14.4. The fraction of sp³-hybridized carbons (Fsp3) is 0.227. The van der Waals surface area contributed by atoms with Crippen LogP contribution in [-0.2, 0) is 4.79 Å². The van der Waals surface area contributed by atoms with Crippen LogP contribution in [0.3, 0.4) is 0 Å². The normalized spacial score (nSPS) is 11.7. The van der Waals surface area contributed by atoms with Crippen molar-refractivity contribution in [1.82, 2.24) is 4.98 Å². The highest BCUT2D eigenvalue weighted by molar-refractivity contribution is 7.14. The third-order valence-corrected chi connectivity index (χ3v) is 5.03. The molecule has 8 heteroatoms. The van der Waals surface area contributed by atoms with E-state index in [2.05, 4.69) is 20.9 Å². The van der Waals surface area contributed by atoms with E-state index in [4.69, 9.17) is 0 Å². The third-order valence-electron chi connectivity index (χ3n) is 4.25. The van der Waals surface area contributed by atoms with E-state index in [1.54, 1.807) is 6.07 Å². The highest BCUT2D eigenvalue weighted by Crippen LogP contribution is 2.28. The van der Waals surface area contributed by atoms with Crippen molar-refractivity contribution in [1.29, 1.82) is 0 Å². The molecule has 30 heavy (non-hydrogen) atoms. The zero-order chi connectivity index (χ0) is 21.5. The molecular formula is C22H24N4O3S. The number of hydrogen-bond donors (Lipinski definition) is 4. The van der Waals surface area contributed by atoms with Gasteiger partial charge in [0.1, 0.15) is 6.04 Å². The molecule has 0 saturated carbocycles. The van der Waals surface area contributed by atoms with E-state index < -0.39 is 12.0 Å². The lowest BCUT2D eigenvalue weighted by atomic mass is 10.0. The summed E-state index contributed by atoms with van der Waals surface area (Å²) in [5.41, 5.74) is 2.87. The lowest BCUT2D eigenvalue weighted by molar-refractivity contribution is -0.138. The van der Waals surface area contributed by atoms with Gasteiger partial charge >= 0.3 is 12.0 Å². The second-order valence-electron chi connectivity index (χ2n) is 7.23. The predicted molar refractivity (Wildman–Crippen MR) is 121 cm³/mol. The Balaban J connectivity index is 1.67. The second-order valence-corrected chi connectivity index (χ2v) is 8.09. The number of carbonyl (C=O) groups excluding carboxylic acids is 1. The van der Waals surface area contributed by atoms with Crippen molar-refractivity contribution < 1.29 is 14.7 Å². The number of carboxylic acid groups (broad SMARTS) is 1. The monoisotopic (exact) mass is 424 g/mol. The summed E-state index contributed by atoms with van der Waals surface area (Å²) in [4.78, 5) is 28.2. The van der Waals surface area contributed by atoms with Gasteiger partial charge in [0.2, 0.25) is 0 Å². The van der Waals surface area contributed by atoms with E-state index in [1.165, 1.54) is 11.3 Å². The maximum atomic E-state index is 12.2. The Hall–Kier alpha value is -3.39. The van der Waals surface area contributed by atoms with E-state index in [9.17, 15) is 14.7 Å². The Bertz CT molecular complexity index is 1000. The van der Waals surface area contributed by atoms with Crippen LogP contribution < -0.4 is 16.0 Å². The maximum Gasteiger partial charge on any atom is 0.326 e. The number of carbonyl (C=O) groups is 2. The van der Waals surface area contributed by atoms with Gasteiger partial charge in [0.15, 0.2) is 5.13 Å². The Morgan fingerprint density at radius 3 is 2.43 bits per heavy atom. The summed E-state index contributed by atoms with van der Waals surface area (Å²) in [5.74, 6) is -0.640. The molecule has 3 rings (SSSR count). The van der Waals surface area contributed by atoms with E-state index in [0.29, 0.717) is 28.6 Å². The molecule has 0 aliphatic carbocycles. The molecule has 0 aliphatic rings. The van der Waals surface area contributed by atoms with Gasteiger partial charge in [-0.25, -0.2) is 14.6 Å². The molecular weight excluding hydrogens is 400 g/mol. The summed E-state index contributed by atoms with van der Waals surface area (Å²) in [5, 5.41) is 20.4. The van der Waals surface area contributed by atoms with Crippen LogP contribution in [0, 0.1) is 5.92 Å². The molecule has 4 N–H and O–H groups in total. The van der Waals surface area contributed by atoms with Crippen molar-refractivity contribution in [2.24, 2.45) is 5.92 Å². The number of carboxylic acids is 1. The molecule has 3 aromatic rings. The minimum absolute atomic E-state index is 0.253. The van der Waals surface area contributed by atoms with Gasteiger partial charge in [-0.3, -0.25) is 0 Å². The number of hydrogen-bond acceptors (Lipinski definition) is 5. The van der Waals surface area contributed by atoms with Gasteiger partial charge in [0.25, 0.3) is 0 Å². The van der Waals surface area contributed by atoms with Crippen molar-refractivity contribution in [2.75, 3.05) is 16.0 Å². The molecule has 1 aromatic heterocycles. The molecule has 0 spiro atoms. The number of urea groups is 1. The number of amides is 2. The summed E-state index contributed by atoms with van der Waals surface area (Å²) < 4.78 is 0. The third kappa shape index (κ3) is 6.05. The van der Waals surface area contributed by atoms with E-state index in [1.807, 2.05) is 67.8 Å². The van der Waals surface area contributed by atoms with Gasteiger partial charge in [-0.05, 0) is 36.6 Å². The fourth-order valence-corrected chi connectivity index (χ4v) is 3.66. The molecule has 156 valence electrons. The van der Waals surface area contributed by atoms with Crippen LogP contribution in [0.5, 0.6) is 0 Å². The molecule has 1 atom stereocenters. The summed E-state index contributed by atoms with van der Waals surface area (Å²) >= 11 is 1.35. The number of aromatic nitrogens is 1. The van der Waals surface area contributed by atoms with Crippen molar-refractivity contribution in [3.63, 3.8) is 0 Å². The van der Waals surface area contributed by atoms with Crippen molar-refractivity contribution in [2.45, 2.75) is 26.3 Å². The topological polar surface area (TPSA) is 103 Å². The minimum Gasteiger partial charge on any atom is -0.480 e. The summed E-state index contributed by atoms with van der Waals surface area (Å²) in [6.45, 7) is 3.97. The SMILES string of the molecule is CC(C)CC(Nc1nc(-c2cccc(NC(=O)Nc3ccccc3)c2)cs1)C(=O)O. The first-order valence-corrected chi connectivity index (χ1v) is 10.5. The van der Waals surface area contributed by atoms with Crippen LogP contribution in [-0.4, -0.2) is 28.1 Å². The van der Waals surface area contributed by atoms with E-state index in [0.717, 1.165) is 5.56 Å². The maximum absolute atomic E-state index is 12.2. The Labute approximate surface area is 179 Å². The standard InChI is InChI=1S/C22H24N4O3S/c1-14(2)11-18(20(27)28)25-22-26-19(13-30-22)15-7-6-10-17(12-15)24-21(29)23-16-8-4-3-5-9-16/h3-10,12-14,18H,11H2,1-2H3,(H,25,26)(H,27,28)(H2,23,24,29). The second kappa shape index (κ2) is 9.89. The van der Waals surface area contributed by atoms with Crippen LogP contribution in [0.1, 0.15) is 20.3 Å².